The topological polar surface area (TPSA) is 69.4 Å². The van der Waals surface area contributed by atoms with Gasteiger partial charge in [-0.1, -0.05) is 6.07 Å². The van der Waals surface area contributed by atoms with Gasteiger partial charge in [-0.3, -0.25) is 14.9 Å². The minimum atomic E-state index is -0.480. The van der Waals surface area contributed by atoms with Crippen molar-refractivity contribution in [1.82, 2.24) is 0 Å². The lowest BCUT2D eigenvalue weighted by molar-refractivity contribution is -0.385. The molecule has 0 saturated carbocycles. The quantitative estimate of drug-likeness (QED) is 0.487. The van der Waals surface area contributed by atoms with E-state index >= 15 is 0 Å². The molecule has 0 saturated heterocycles. The number of ether oxygens (including phenoxy) is 1. The molecule has 17 heavy (non-hydrogen) atoms. The number of rotatable bonds is 4. The van der Waals surface area contributed by atoms with Gasteiger partial charge in [0.25, 0.3) is 5.69 Å². The molecule has 92 valence electrons. The number of nitro benzene ring substituents is 1. The molecule has 0 amide bonds. The summed E-state index contributed by atoms with van der Waals surface area (Å²) in [7, 11) is 0. The van der Waals surface area contributed by atoms with Crippen molar-refractivity contribution in [2.75, 3.05) is 6.61 Å². The van der Waals surface area contributed by atoms with Crippen molar-refractivity contribution in [2.24, 2.45) is 0 Å². The molecule has 0 fully saturated rings. The molecule has 0 aliphatic carbocycles. The first-order chi connectivity index (χ1) is 7.95. The minimum absolute atomic E-state index is 0.0377. The van der Waals surface area contributed by atoms with Crippen molar-refractivity contribution in [2.45, 2.75) is 20.3 Å². The van der Waals surface area contributed by atoms with E-state index in [4.69, 9.17) is 4.74 Å². The van der Waals surface area contributed by atoms with Gasteiger partial charge in [0.2, 0.25) is 0 Å². The summed E-state index contributed by atoms with van der Waals surface area (Å²) < 4.78 is 5.24. The van der Waals surface area contributed by atoms with Crippen molar-refractivity contribution >= 4 is 27.6 Å². The third-order valence-electron chi connectivity index (χ3n) is 2.15. The molecule has 0 spiro atoms. The highest BCUT2D eigenvalue weighted by atomic mass is 79.9. The molecular formula is C11H12BrNO4. The van der Waals surface area contributed by atoms with Gasteiger partial charge >= 0.3 is 5.97 Å². The predicted molar refractivity (Wildman–Crippen MR) is 65.9 cm³/mol. The van der Waals surface area contributed by atoms with Gasteiger partial charge in [-0.2, -0.15) is 0 Å². The molecule has 0 atom stereocenters. The van der Waals surface area contributed by atoms with E-state index in [0.717, 1.165) is 5.56 Å². The first-order valence-corrected chi connectivity index (χ1v) is 5.84. The van der Waals surface area contributed by atoms with E-state index in [1.807, 2.05) is 0 Å². The number of benzene rings is 1. The Morgan fingerprint density at radius 1 is 1.53 bits per heavy atom. The molecule has 5 nitrogen and oxygen atoms in total. The van der Waals surface area contributed by atoms with E-state index in [-0.39, 0.29) is 18.1 Å². The molecule has 0 aliphatic rings. The Labute approximate surface area is 107 Å². The molecule has 1 rings (SSSR count). The molecular weight excluding hydrogens is 290 g/mol. The maximum absolute atomic E-state index is 11.3. The van der Waals surface area contributed by atoms with Gasteiger partial charge < -0.3 is 4.74 Å². The molecule has 1 aromatic carbocycles. The number of carbonyl (C=O) groups excluding carboxylic acids is 1. The standard InChI is InChI=1S/C11H12BrNO4/c1-3-17-10(14)6-8-4-7(2)11(12)9(5-8)13(15)16/h4-5H,3,6H2,1-2H3. The van der Waals surface area contributed by atoms with Crippen LogP contribution in [-0.2, 0) is 16.0 Å². The zero-order valence-electron chi connectivity index (χ0n) is 9.53. The summed E-state index contributed by atoms with van der Waals surface area (Å²) in [6.45, 7) is 3.76. The monoisotopic (exact) mass is 301 g/mol. The summed E-state index contributed by atoms with van der Waals surface area (Å²) in [6.07, 6.45) is 0.0444. The van der Waals surface area contributed by atoms with Crippen LogP contribution in [0.4, 0.5) is 5.69 Å². The van der Waals surface area contributed by atoms with E-state index in [0.29, 0.717) is 16.6 Å². The van der Waals surface area contributed by atoms with Crippen molar-refractivity contribution in [3.05, 3.63) is 37.8 Å². The number of esters is 1. The lowest BCUT2D eigenvalue weighted by Crippen LogP contribution is -2.08. The van der Waals surface area contributed by atoms with Crippen molar-refractivity contribution < 1.29 is 14.5 Å². The van der Waals surface area contributed by atoms with Crippen LogP contribution in [0.15, 0.2) is 16.6 Å². The van der Waals surface area contributed by atoms with E-state index < -0.39 is 4.92 Å². The predicted octanol–water partition coefficient (Wildman–Crippen LogP) is 2.77. The highest BCUT2D eigenvalue weighted by Gasteiger charge is 2.17. The average Bonchev–Trinajstić information content (AvgIpc) is 2.23. The van der Waals surface area contributed by atoms with E-state index in [9.17, 15) is 14.9 Å². The maximum Gasteiger partial charge on any atom is 0.310 e. The van der Waals surface area contributed by atoms with E-state index in [1.54, 1.807) is 19.9 Å². The van der Waals surface area contributed by atoms with Crippen LogP contribution in [0.2, 0.25) is 0 Å². The smallest absolute Gasteiger partial charge is 0.310 e. The third kappa shape index (κ3) is 3.52. The van der Waals surface area contributed by atoms with Gasteiger partial charge in [-0.25, -0.2) is 0 Å². The highest BCUT2D eigenvalue weighted by molar-refractivity contribution is 9.10. The van der Waals surface area contributed by atoms with E-state index in [2.05, 4.69) is 15.9 Å². The molecule has 0 heterocycles. The molecule has 0 bridgehead atoms. The first-order valence-electron chi connectivity index (χ1n) is 5.04. The summed E-state index contributed by atoms with van der Waals surface area (Å²) >= 11 is 3.15. The summed E-state index contributed by atoms with van der Waals surface area (Å²) in [4.78, 5) is 21.6. The van der Waals surface area contributed by atoms with Gasteiger partial charge in [0, 0.05) is 6.07 Å². The summed E-state index contributed by atoms with van der Waals surface area (Å²) in [5.74, 6) is -0.386. The zero-order valence-corrected chi connectivity index (χ0v) is 11.1. The van der Waals surface area contributed by atoms with Crippen LogP contribution < -0.4 is 0 Å². The van der Waals surface area contributed by atoms with Gasteiger partial charge in [0.05, 0.1) is 22.4 Å². The Morgan fingerprint density at radius 2 is 2.18 bits per heavy atom. The summed E-state index contributed by atoms with van der Waals surface area (Å²) in [5, 5.41) is 10.8. The molecule has 1 aromatic rings. The van der Waals surface area contributed by atoms with Gasteiger partial charge in [0.15, 0.2) is 0 Å². The molecule has 0 aromatic heterocycles. The molecule has 0 unspecified atom stereocenters. The van der Waals surface area contributed by atoms with Crippen LogP contribution in [0, 0.1) is 17.0 Å². The Hall–Kier alpha value is -1.43. The SMILES string of the molecule is CCOC(=O)Cc1cc(C)c(Br)c([N+](=O)[O-])c1. The lowest BCUT2D eigenvalue weighted by Gasteiger charge is -2.05. The van der Waals surface area contributed by atoms with Crippen LogP contribution in [0.5, 0.6) is 0 Å². The summed E-state index contributed by atoms with van der Waals surface area (Å²) in [5.41, 5.74) is 1.26. The van der Waals surface area contributed by atoms with E-state index in [1.165, 1.54) is 6.07 Å². The number of nitrogens with zero attached hydrogens (tertiary/aromatic N) is 1. The minimum Gasteiger partial charge on any atom is -0.466 e. The normalized spacial score (nSPS) is 10.1. The number of aryl methyl sites for hydroxylation is 1. The fraction of sp³-hybridized carbons (Fsp3) is 0.364. The second-order valence-electron chi connectivity index (χ2n) is 3.48. The summed E-state index contributed by atoms with van der Waals surface area (Å²) in [6, 6.07) is 3.11. The first kappa shape index (κ1) is 13.6. The zero-order chi connectivity index (χ0) is 13.0. The van der Waals surface area contributed by atoms with Crippen molar-refractivity contribution in [3.63, 3.8) is 0 Å². The average molecular weight is 302 g/mol. The van der Waals surface area contributed by atoms with Gasteiger partial charge in [0.1, 0.15) is 0 Å². The maximum atomic E-state index is 11.3. The number of hydrogen-bond donors (Lipinski definition) is 0. The number of carbonyl (C=O) groups is 1. The Bertz CT molecular complexity index is 459. The third-order valence-corrected chi connectivity index (χ3v) is 3.18. The van der Waals surface area contributed by atoms with Gasteiger partial charge in [-0.15, -0.1) is 0 Å². The highest BCUT2D eigenvalue weighted by Crippen LogP contribution is 2.29. The van der Waals surface area contributed by atoms with Crippen molar-refractivity contribution in [3.8, 4) is 0 Å². The number of hydrogen-bond acceptors (Lipinski definition) is 4. The van der Waals surface area contributed by atoms with Crippen LogP contribution in [0.25, 0.3) is 0 Å². The number of nitro groups is 1. The van der Waals surface area contributed by atoms with Crippen LogP contribution in [0.3, 0.4) is 0 Å². The van der Waals surface area contributed by atoms with Gasteiger partial charge in [-0.05, 0) is 40.9 Å². The van der Waals surface area contributed by atoms with Crippen LogP contribution >= 0.6 is 15.9 Å². The Morgan fingerprint density at radius 3 is 2.71 bits per heavy atom. The fourth-order valence-electron chi connectivity index (χ4n) is 1.44. The fourth-order valence-corrected chi connectivity index (χ4v) is 1.81. The Kier molecular flexibility index (Phi) is 4.62. The lowest BCUT2D eigenvalue weighted by atomic mass is 10.1. The molecule has 0 radical (unpaired) electrons. The molecule has 0 aliphatic heterocycles. The molecule has 6 heteroatoms. The van der Waals surface area contributed by atoms with Crippen LogP contribution in [0.1, 0.15) is 18.1 Å². The molecule has 0 N–H and O–H groups in total. The van der Waals surface area contributed by atoms with Crippen LogP contribution in [-0.4, -0.2) is 17.5 Å². The number of halogens is 1. The second kappa shape index (κ2) is 5.77. The second-order valence-corrected chi connectivity index (χ2v) is 4.28. The Balaban J connectivity index is 3.02. The largest absolute Gasteiger partial charge is 0.466 e. The van der Waals surface area contributed by atoms with Crippen molar-refractivity contribution in [1.29, 1.82) is 0 Å².